The lowest BCUT2D eigenvalue weighted by Crippen LogP contribution is -2.40. The Kier molecular flexibility index (Phi) is 12.0. The molecule has 1 saturated heterocycles. The number of aliphatic hydroxyl groups excluding tert-OH is 1. The minimum atomic E-state index is -0.577. The highest BCUT2D eigenvalue weighted by Gasteiger charge is 2.31. The predicted octanol–water partition coefficient (Wildman–Crippen LogP) is 3.08. The van der Waals surface area contributed by atoms with Crippen LogP contribution in [-0.4, -0.2) is 88.1 Å². The van der Waals surface area contributed by atoms with Crippen LogP contribution in [0.3, 0.4) is 0 Å². The van der Waals surface area contributed by atoms with Crippen LogP contribution in [0.15, 0.2) is 52.9 Å². The van der Waals surface area contributed by atoms with Crippen molar-refractivity contribution in [3.8, 4) is 0 Å². The van der Waals surface area contributed by atoms with E-state index in [-0.39, 0.29) is 24.2 Å². The maximum absolute atomic E-state index is 13.6. The number of benzene rings is 1. The highest BCUT2D eigenvalue weighted by atomic mass is 32.1. The fourth-order valence-electron chi connectivity index (χ4n) is 4.14. The standard InChI is InChI=1S/C28H37NO8S/c30-19-22-1-3-23(4-2-22)20-36-27-18-25(24-5-16-38-21-24)17-26(37-27)28(31)29-6-8-32-10-12-34-14-15-35-13-11-33-9-7-29/h1-5,16-17,21,25,27,30H,6-15,18-20H2/t25-,27+/m0/s1. The van der Waals surface area contributed by atoms with Gasteiger partial charge in [0.1, 0.15) is 0 Å². The first-order valence-electron chi connectivity index (χ1n) is 13.0. The van der Waals surface area contributed by atoms with Crippen LogP contribution in [0.4, 0.5) is 0 Å². The van der Waals surface area contributed by atoms with Crippen LogP contribution in [0.25, 0.3) is 0 Å². The van der Waals surface area contributed by atoms with Crippen LogP contribution >= 0.6 is 11.3 Å². The van der Waals surface area contributed by atoms with Crippen molar-refractivity contribution in [1.29, 1.82) is 0 Å². The Bertz CT molecular complexity index is 965. The summed E-state index contributed by atoms with van der Waals surface area (Å²) in [6.45, 7) is 4.82. The van der Waals surface area contributed by atoms with Gasteiger partial charge >= 0.3 is 0 Å². The number of amides is 1. The van der Waals surface area contributed by atoms with Crippen LogP contribution in [0.2, 0.25) is 0 Å². The zero-order valence-electron chi connectivity index (χ0n) is 21.6. The second-order valence-electron chi connectivity index (χ2n) is 9.00. The molecule has 1 fully saturated rings. The van der Waals surface area contributed by atoms with E-state index >= 15 is 0 Å². The molecule has 2 aliphatic heterocycles. The zero-order chi connectivity index (χ0) is 26.4. The van der Waals surface area contributed by atoms with Gasteiger partial charge in [-0.3, -0.25) is 4.79 Å². The lowest BCUT2D eigenvalue weighted by atomic mass is 9.95. The van der Waals surface area contributed by atoms with Gasteiger partial charge in [-0.2, -0.15) is 11.3 Å². The van der Waals surface area contributed by atoms with Crippen molar-refractivity contribution in [2.75, 3.05) is 65.9 Å². The van der Waals surface area contributed by atoms with Crippen LogP contribution in [0.5, 0.6) is 0 Å². The second kappa shape index (κ2) is 15.9. The molecule has 0 saturated carbocycles. The van der Waals surface area contributed by atoms with Crippen LogP contribution in [0.1, 0.15) is 29.0 Å². The number of nitrogens with zero attached hydrogens (tertiary/aromatic N) is 1. The topological polar surface area (TPSA) is 95.9 Å². The second-order valence-corrected chi connectivity index (χ2v) is 9.78. The average Bonchev–Trinajstić information content (AvgIpc) is 3.49. The number of carbonyl (C=O) groups excluding carboxylic acids is 1. The van der Waals surface area contributed by atoms with E-state index in [9.17, 15) is 9.90 Å². The van der Waals surface area contributed by atoms with Crippen molar-refractivity contribution >= 4 is 17.2 Å². The largest absolute Gasteiger partial charge is 0.459 e. The minimum absolute atomic E-state index is 0.000401. The summed E-state index contributed by atoms with van der Waals surface area (Å²) in [6.07, 6.45) is 1.93. The number of rotatable bonds is 6. The molecule has 0 radical (unpaired) electrons. The molecule has 1 aromatic heterocycles. The molecule has 0 aliphatic carbocycles. The average molecular weight is 548 g/mol. The van der Waals surface area contributed by atoms with E-state index in [0.29, 0.717) is 79.0 Å². The molecule has 0 unspecified atom stereocenters. The van der Waals surface area contributed by atoms with Gasteiger partial charge in [0.2, 0.25) is 6.29 Å². The third-order valence-corrected chi connectivity index (χ3v) is 7.00. The fourth-order valence-corrected chi connectivity index (χ4v) is 4.87. The number of ether oxygens (including phenoxy) is 6. The molecule has 10 heteroatoms. The van der Waals surface area contributed by atoms with Gasteiger partial charge in [0.15, 0.2) is 5.76 Å². The highest BCUT2D eigenvalue weighted by Crippen LogP contribution is 2.33. The number of thiophene rings is 1. The van der Waals surface area contributed by atoms with Crippen molar-refractivity contribution in [1.82, 2.24) is 4.90 Å². The molecule has 0 spiro atoms. The van der Waals surface area contributed by atoms with Gasteiger partial charge in [-0.05, 0) is 39.6 Å². The summed E-state index contributed by atoms with van der Waals surface area (Å²) < 4.78 is 34.6. The summed E-state index contributed by atoms with van der Waals surface area (Å²) in [7, 11) is 0. The molecule has 1 amide bonds. The number of hydrogen-bond acceptors (Lipinski definition) is 9. The lowest BCUT2D eigenvalue weighted by molar-refractivity contribution is -0.156. The first kappa shape index (κ1) is 28.7. The Balaban J connectivity index is 1.42. The minimum Gasteiger partial charge on any atom is -0.459 e. The van der Waals surface area contributed by atoms with Gasteiger partial charge in [0.05, 0.1) is 66.1 Å². The molecule has 1 aromatic carbocycles. The molecule has 4 rings (SSSR count). The third-order valence-electron chi connectivity index (χ3n) is 6.30. The van der Waals surface area contributed by atoms with E-state index in [0.717, 1.165) is 16.7 Å². The summed E-state index contributed by atoms with van der Waals surface area (Å²) in [4.78, 5) is 15.4. The molecule has 0 bridgehead atoms. The van der Waals surface area contributed by atoms with Gasteiger partial charge in [-0.15, -0.1) is 0 Å². The Labute approximate surface area is 227 Å². The highest BCUT2D eigenvalue weighted by molar-refractivity contribution is 7.08. The molecule has 9 nitrogen and oxygen atoms in total. The molecular weight excluding hydrogens is 510 g/mol. The predicted molar refractivity (Wildman–Crippen MR) is 142 cm³/mol. The molecule has 38 heavy (non-hydrogen) atoms. The number of carbonyl (C=O) groups is 1. The maximum atomic E-state index is 13.6. The first-order chi connectivity index (χ1) is 18.7. The van der Waals surface area contributed by atoms with E-state index < -0.39 is 6.29 Å². The quantitative estimate of drug-likeness (QED) is 0.590. The molecular formula is C28H37NO8S. The molecule has 2 atom stereocenters. The molecule has 208 valence electrons. The first-order valence-corrected chi connectivity index (χ1v) is 14.0. The van der Waals surface area contributed by atoms with Crippen molar-refractivity contribution in [3.63, 3.8) is 0 Å². The lowest BCUT2D eigenvalue weighted by Gasteiger charge is -2.31. The summed E-state index contributed by atoms with van der Waals surface area (Å²) in [5.74, 6) is 0.0634. The van der Waals surface area contributed by atoms with E-state index in [1.54, 1.807) is 16.2 Å². The smallest absolute Gasteiger partial charge is 0.288 e. The van der Waals surface area contributed by atoms with Crippen LogP contribution < -0.4 is 0 Å². The third kappa shape index (κ3) is 9.16. The molecule has 3 heterocycles. The molecule has 1 N–H and O–H groups in total. The number of aliphatic hydroxyl groups is 1. The van der Waals surface area contributed by atoms with Gasteiger partial charge in [-0.25, -0.2) is 0 Å². The fraction of sp³-hybridized carbons (Fsp3) is 0.536. The van der Waals surface area contributed by atoms with Gasteiger partial charge in [0, 0.05) is 25.4 Å². The monoisotopic (exact) mass is 547 g/mol. The van der Waals surface area contributed by atoms with Crippen molar-refractivity contribution in [2.24, 2.45) is 0 Å². The van der Waals surface area contributed by atoms with E-state index in [1.807, 2.05) is 35.7 Å². The van der Waals surface area contributed by atoms with Gasteiger partial charge in [0.25, 0.3) is 5.91 Å². The van der Waals surface area contributed by atoms with E-state index in [2.05, 4.69) is 11.4 Å². The van der Waals surface area contributed by atoms with Crippen molar-refractivity contribution in [3.05, 3.63) is 69.6 Å². The Morgan fingerprint density at radius 2 is 1.50 bits per heavy atom. The maximum Gasteiger partial charge on any atom is 0.288 e. The van der Waals surface area contributed by atoms with Crippen molar-refractivity contribution < 1.29 is 38.3 Å². The summed E-state index contributed by atoms with van der Waals surface area (Å²) in [6, 6.07) is 9.65. The summed E-state index contributed by atoms with van der Waals surface area (Å²) in [5.41, 5.74) is 2.94. The van der Waals surface area contributed by atoms with Crippen LogP contribution in [0, 0.1) is 0 Å². The van der Waals surface area contributed by atoms with Crippen molar-refractivity contribution in [2.45, 2.75) is 31.8 Å². The number of allylic oxidation sites excluding steroid dienone is 1. The SMILES string of the molecule is O=C(C1=C[C@H](c2ccsc2)C[C@H](OCc2ccc(CO)cc2)O1)N1CCOCCOCCOCCOCC1. The normalized spacial score (nSPS) is 22.6. The molecule has 2 aromatic rings. The van der Waals surface area contributed by atoms with E-state index in [1.165, 1.54) is 0 Å². The van der Waals surface area contributed by atoms with Gasteiger partial charge < -0.3 is 38.4 Å². The Morgan fingerprint density at radius 3 is 2.08 bits per heavy atom. The summed E-state index contributed by atoms with van der Waals surface area (Å²) >= 11 is 1.62. The van der Waals surface area contributed by atoms with E-state index in [4.69, 9.17) is 28.4 Å². The summed E-state index contributed by atoms with van der Waals surface area (Å²) in [5, 5.41) is 13.4. The Hall–Kier alpha value is -2.31. The Morgan fingerprint density at radius 1 is 0.895 bits per heavy atom. The molecule has 2 aliphatic rings. The number of hydrogen-bond donors (Lipinski definition) is 1. The van der Waals surface area contributed by atoms with Crippen LogP contribution in [-0.2, 0) is 46.4 Å². The van der Waals surface area contributed by atoms with Gasteiger partial charge in [-0.1, -0.05) is 24.3 Å². The zero-order valence-corrected chi connectivity index (χ0v) is 22.4.